The summed E-state index contributed by atoms with van der Waals surface area (Å²) < 4.78 is 5.45. The van der Waals surface area contributed by atoms with Crippen molar-refractivity contribution in [3.05, 3.63) is 29.3 Å². The van der Waals surface area contributed by atoms with Crippen molar-refractivity contribution >= 4 is 11.8 Å². The Morgan fingerprint density at radius 2 is 2.20 bits per heavy atom. The van der Waals surface area contributed by atoms with Crippen LogP contribution in [0.4, 0.5) is 0 Å². The first kappa shape index (κ1) is 13.0. The second-order valence-corrected chi connectivity index (χ2v) is 5.69. The van der Waals surface area contributed by atoms with E-state index in [4.69, 9.17) is 4.74 Å². The van der Waals surface area contributed by atoms with E-state index < -0.39 is 5.54 Å². The Hall–Kier alpha value is -2.04. The first-order chi connectivity index (χ1) is 9.50. The molecule has 0 radical (unpaired) electrons. The van der Waals surface area contributed by atoms with E-state index in [1.165, 1.54) is 0 Å². The molecule has 1 saturated heterocycles. The molecule has 2 aliphatic heterocycles. The Labute approximate surface area is 117 Å². The zero-order valence-corrected chi connectivity index (χ0v) is 11.7. The van der Waals surface area contributed by atoms with Crippen molar-refractivity contribution in [2.75, 3.05) is 19.7 Å². The van der Waals surface area contributed by atoms with Crippen LogP contribution in [0, 0.1) is 0 Å². The Bertz CT molecular complexity index is 580. The highest BCUT2D eigenvalue weighted by molar-refractivity contribution is 6.00. The molecule has 2 heterocycles. The molecule has 5 heteroatoms. The number of hydrogen-bond donors (Lipinski definition) is 1. The molecule has 1 fully saturated rings. The lowest BCUT2D eigenvalue weighted by Gasteiger charge is -2.41. The van der Waals surface area contributed by atoms with Crippen molar-refractivity contribution in [1.82, 2.24) is 10.2 Å². The molecule has 1 N–H and O–H groups in total. The minimum Gasteiger partial charge on any atom is -0.493 e. The predicted octanol–water partition coefficient (Wildman–Crippen LogP) is 0.972. The van der Waals surface area contributed by atoms with E-state index in [1.807, 2.05) is 12.1 Å². The Morgan fingerprint density at radius 3 is 3.00 bits per heavy atom. The molecule has 0 spiro atoms. The van der Waals surface area contributed by atoms with Gasteiger partial charge in [0.05, 0.1) is 6.61 Å². The van der Waals surface area contributed by atoms with Crippen LogP contribution in [0.3, 0.4) is 0 Å². The van der Waals surface area contributed by atoms with Crippen LogP contribution in [0.15, 0.2) is 18.2 Å². The van der Waals surface area contributed by atoms with Crippen LogP contribution >= 0.6 is 0 Å². The molecule has 0 atom stereocenters. The van der Waals surface area contributed by atoms with E-state index in [0.29, 0.717) is 25.3 Å². The van der Waals surface area contributed by atoms with Crippen molar-refractivity contribution < 1.29 is 14.3 Å². The summed E-state index contributed by atoms with van der Waals surface area (Å²) in [5.41, 5.74) is 0.873. The van der Waals surface area contributed by atoms with Crippen LogP contribution in [0.25, 0.3) is 0 Å². The third kappa shape index (κ3) is 1.94. The van der Waals surface area contributed by atoms with Gasteiger partial charge in [-0.25, -0.2) is 0 Å². The monoisotopic (exact) mass is 274 g/mol. The Kier molecular flexibility index (Phi) is 2.92. The highest BCUT2D eigenvalue weighted by Crippen LogP contribution is 2.28. The van der Waals surface area contributed by atoms with Gasteiger partial charge in [-0.1, -0.05) is 0 Å². The minimum absolute atomic E-state index is 0.0976. The number of piperazine rings is 1. The Morgan fingerprint density at radius 1 is 1.40 bits per heavy atom. The summed E-state index contributed by atoms with van der Waals surface area (Å²) >= 11 is 0. The average molecular weight is 274 g/mol. The van der Waals surface area contributed by atoms with Crippen LogP contribution in [0.1, 0.15) is 29.8 Å². The standard InChI is InChI=1S/C15H18N2O3/c1-15(2)14(19)16-6-7-17(15)13(18)11-3-4-12-10(9-11)5-8-20-12/h3-4,9H,5-8H2,1-2H3,(H,16,19). The van der Waals surface area contributed by atoms with Gasteiger partial charge in [0.25, 0.3) is 5.91 Å². The molecule has 0 aliphatic carbocycles. The average Bonchev–Trinajstić information content (AvgIpc) is 2.88. The molecular weight excluding hydrogens is 256 g/mol. The second-order valence-electron chi connectivity index (χ2n) is 5.69. The van der Waals surface area contributed by atoms with E-state index in [1.54, 1.807) is 24.8 Å². The lowest BCUT2D eigenvalue weighted by molar-refractivity contribution is -0.133. The minimum atomic E-state index is -0.815. The maximum absolute atomic E-state index is 12.7. The summed E-state index contributed by atoms with van der Waals surface area (Å²) in [6.07, 6.45) is 0.834. The van der Waals surface area contributed by atoms with E-state index >= 15 is 0 Å². The van der Waals surface area contributed by atoms with Gasteiger partial charge in [-0.2, -0.15) is 0 Å². The molecule has 3 rings (SSSR count). The molecule has 1 aromatic carbocycles. The van der Waals surface area contributed by atoms with E-state index in [-0.39, 0.29) is 11.8 Å². The maximum atomic E-state index is 12.7. The van der Waals surface area contributed by atoms with Gasteiger partial charge < -0.3 is 15.0 Å². The SMILES string of the molecule is CC1(C)C(=O)NCCN1C(=O)c1ccc2c(c1)CCO2. The van der Waals surface area contributed by atoms with Crippen molar-refractivity contribution in [2.24, 2.45) is 0 Å². The van der Waals surface area contributed by atoms with Crippen molar-refractivity contribution in [2.45, 2.75) is 25.8 Å². The highest BCUT2D eigenvalue weighted by Gasteiger charge is 2.40. The molecule has 0 saturated carbocycles. The summed E-state index contributed by atoms with van der Waals surface area (Å²) in [6.45, 7) is 5.25. The van der Waals surface area contributed by atoms with E-state index in [2.05, 4.69) is 5.32 Å². The van der Waals surface area contributed by atoms with Gasteiger partial charge in [-0.15, -0.1) is 0 Å². The number of nitrogens with zero attached hydrogens (tertiary/aromatic N) is 1. The van der Waals surface area contributed by atoms with Gasteiger partial charge in [0.1, 0.15) is 11.3 Å². The van der Waals surface area contributed by atoms with Gasteiger partial charge in [0.15, 0.2) is 0 Å². The lowest BCUT2D eigenvalue weighted by atomic mass is 9.97. The molecular formula is C15H18N2O3. The quantitative estimate of drug-likeness (QED) is 0.830. The van der Waals surface area contributed by atoms with Crippen molar-refractivity contribution in [1.29, 1.82) is 0 Å². The number of rotatable bonds is 1. The molecule has 2 aliphatic rings. The second kappa shape index (κ2) is 4.51. The maximum Gasteiger partial charge on any atom is 0.254 e. The van der Waals surface area contributed by atoms with Gasteiger partial charge in [-0.3, -0.25) is 9.59 Å². The largest absolute Gasteiger partial charge is 0.493 e. The summed E-state index contributed by atoms with van der Waals surface area (Å²) in [7, 11) is 0. The van der Waals surface area contributed by atoms with Crippen LogP contribution in [0.5, 0.6) is 5.75 Å². The van der Waals surface area contributed by atoms with Crippen LogP contribution < -0.4 is 10.1 Å². The molecule has 106 valence electrons. The molecule has 0 aromatic heterocycles. The third-order valence-corrected chi connectivity index (χ3v) is 4.03. The summed E-state index contributed by atoms with van der Waals surface area (Å²) in [4.78, 5) is 26.2. The number of fused-ring (bicyclic) bond motifs is 1. The van der Waals surface area contributed by atoms with Crippen molar-refractivity contribution in [3.8, 4) is 5.75 Å². The number of nitrogens with one attached hydrogen (secondary N) is 1. The third-order valence-electron chi connectivity index (χ3n) is 4.03. The fourth-order valence-electron chi connectivity index (χ4n) is 2.73. The zero-order valence-electron chi connectivity index (χ0n) is 11.7. The number of benzene rings is 1. The smallest absolute Gasteiger partial charge is 0.254 e. The van der Waals surface area contributed by atoms with Crippen molar-refractivity contribution in [3.63, 3.8) is 0 Å². The molecule has 5 nitrogen and oxygen atoms in total. The Balaban J connectivity index is 1.90. The first-order valence-corrected chi connectivity index (χ1v) is 6.86. The first-order valence-electron chi connectivity index (χ1n) is 6.86. The number of ether oxygens (including phenoxy) is 1. The molecule has 0 unspecified atom stereocenters. The lowest BCUT2D eigenvalue weighted by Crippen LogP contribution is -2.63. The number of carbonyl (C=O) groups is 2. The number of hydrogen-bond acceptors (Lipinski definition) is 3. The molecule has 0 bridgehead atoms. The molecule has 1 aromatic rings. The fraction of sp³-hybridized carbons (Fsp3) is 0.467. The highest BCUT2D eigenvalue weighted by atomic mass is 16.5. The van der Waals surface area contributed by atoms with Gasteiger partial charge in [0, 0.05) is 25.1 Å². The number of amides is 2. The topological polar surface area (TPSA) is 58.6 Å². The summed E-state index contributed by atoms with van der Waals surface area (Å²) in [5.74, 6) is 0.651. The molecule has 20 heavy (non-hydrogen) atoms. The number of carbonyl (C=O) groups excluding carboxylic acids is 2. The summed E-state index contributed by atoms with van der Waals surface area (Å²) in [6, 6.07) is 5.49. The van der Waals surface area contributed by atoms with Crippen LogP contribution in [-0.2, 0) is 11.2 Å². The molecule has 2 amide bonds. The van der Waals surface area contributed by atoms with E-state index in [0.717, 1.165) is 17.7 Å². The summed E-state index contributed by atoms with van der Waals surface area (Å²) in [5, 5.41) is 2.80. The van der Waals surface area contributed by atoms with Gasteiger partial charge in [0.2, 0.25) is 5.91 Å². The fourth-order valence-corrected chi connectivity index (χ4v) is 2.73. The van der Waals surface area contributed by atoms with Gasteiger partial charge >= 0.3 is 0 Å². The normalized spacial score (nSPS) is 20.1. The van der Waals surface area contributed by atoms with Crippen LogP contribution in [0.2, 0.25) is 0 Å². The van der Waals surface area contributed by atoms with Crippen LogP contribution in [-0.4, -0.2) is 41.9 Å². The van der Waals surface area contributed by atoms with E-state index in [9.17, 15) is 9.59 Å². The van der Waals surface area contributed by atoms with Gasteiger partial charge in [-0.05, 0) is 37.6 Å². The predicted molar refractivity (Wildman–Crippen MR) is 73.8 cm³/mol. The zero-order chi connectivity index (χ0) is 14.3.